The van der Waals surface area contributed by atoms with Crippen LogP contribution in [0.5, 0.6) is 0 Å². The van der Waals surface area contributed by atoms with Gasteiger partial charge in [0, 0.05) is 19.3 Å². The van der Waals surface area contributed by atoms with Crippen LogP contribution in [0.2, 0.25) is 0 Å². The van der Waals surface area contributed by atoms with Crippen LogP contribution < -0.4 is 0 Å². The Morgan fingerprint density at radius 2 is 0.513 bits per heavy atom. The molecule has 6 heteroatoms. The van der Waals surface area contributed by atoms with E-state index in [2.05, 4.69) is 130 Å². The van der Waals surface area contributed by atoms with E-state index in [-0.39, 0.29) is 31.1 Å². The predicted octanol–water partition coefficient (Wildman–Crippen LogP) is 22.6. The highest BCUT2D eigenvalue weighted by molar-refractivity contribution is 5.71. The zero-order valence-electron chi connectivity index (χ0n) is 51.2. The van der Waals surface area contributed by atoms with Crippen molar-refractivity contribution in [3.8, 4) is 0 Å². The van der Waals surface area contributed by atoms with E-state index in [4.69, 9.17) is 14.2 Å². The van der Waals surface area contributed by atoms with Crippen LogP contribution in [0.1, 0.15) is 310 Å². The third-order valence-corrected chi connectivity index (χ3v) is 14.0. The summed E-state index contributed by atoms with van der Waals surface area (Å²) in [6.45, 7) is 6.47. The summed E-state index contributed by atoms with van der Waals surface area (Å²) in [5, 5.41) is 0. The maximum absolute atomic E-state index is 12.9. The lowest BCUT2D eigenvalue weighted by Crippen LogP contribution is -2.30. The summed E-state index contributed by atoms with van der Waals surface area (Å²) >= 11 is 0. The summed E-state index contributed by atoms with van der Waals surface area (Å²) in [4.78, 5) is 38.4. The second kappa shape index (κ2) is 65.6. The van der Waals surface area contributed by atoms with E-state index in [1.54, 1.807) is 0 Å². The van der Waals surface area contributed by atoms with Crippen molar-refractivity contribution < 1.29 is 28.6 Å². The lowest BCUT2D eigenvalue weighted by Gasteiger charge is -2.18. The van der Waals surface area contributed by atoms with E-state index < -0.39 is 6.10 Å². The predicted molar refractivity (Wildman–Crippen MR) is 339 cm³/mol. The molecule has 0 heterocycles. The molecule has 0 saturated carbocycles. The van der Waals surface area contributed by atoms with Crippen LogP contribution in [0, 0.1) is 0 Å². The number of carbonyl (C=O) groups is 3. The van der Waals surface area contributed by atoms with E-state index in [9.17, 15) is 14.4 Å². The van der Waals surface area contributed by atoms with Crippen molar-refractivity contribution in [2.24, 2.45) is 0 Å². The minimum absolute atomic E-state index is 0.0912. The minimum Gasteiger partial charge on any atom is -0.462 e. The summed E-state index contributed by atoms with van der Waals surface area (Å²) in [5.74, 6) is -0.918. The smallest absolute Gasteiger partial charge is 0.306 e. The monoisotopic (exact) mass is 1080 g/mol. The normalized spacial score (nSPS) is 12.8. The van der Waals surface area contributed by atoms with Gasteiger partial charge in [0.2, 0.25) is 0 Å². The van der Waals surface area contributed by atoms with Crippen LogP contribution in [0.4, 0.5) is 0 Å². The van der Waals surface area contributed by atoms with E-state index in [0.29, 0.717) is 19.3 Å². The Balaban J connectivity index is 4.37. The van der Waals surface area contributed by atoms with Crippen molar-refractivity contribution in [1.29, 1.82) is 0 Å². The van der Waals surface area contributed by atoms with E-state index in [1.807, 2.05) is 0 Å². The van der Waals surface area contributed by atoms with Crippen molar-refractivity contribution in [1.82, 2.24) is 0 Å². The van der Waals surface area contributed by atoms with Crippen LogP contribution in [-0.4, -0.2) is 37.2 Å². The Kier molecular flexibility index (Phi) is 62.3. The first kappa shape index (κ1) is 74.1. The molecule has 0 N–H and O–H groups in total. The number of carbonyl (C=O) groups excluding carboxylic acids is 3. The van der Waals surface area contributed by atoms with Gasteiger partial charge in [0.05, 0.1) is 0 Å². The summed E-state index contributed by atoms with van der Waals surface area (Å²) in [5.41, 5.74) is 0. The quantitative estimate of drug-likeness (QED) is 0.0261. The second-order valence-electron chi connectivity index (χ2n) is 21.6. The third kappa shape index (κ3) is 62.9. The Bertz CT molecular complexity index is 1570. The Morgan fingerprint density at radius 1 is 0.269 bits per heavy atom. The topological polar surface area (TPSA) is 78.9 Å². The molecule has 6 nitrogen and oxygen atoms in total. The lowest BCUT2D eigenvalue weighted by atomic mass is 10.0. The third-order valence-electron chi connectivity index (χ3n) is 14.0. The zero-order valence-corrected chi connectivity index (χ0v) is 51.2. The van der Waals surface area contributed by atoms with Crippen LogP contribution in [0.25, 0.3) is 0 Å². The van der Waals surface area contributed by atoms with Gasteiger partial charge in [0.1, 0.15) is 13.2 Å². The summed E-state index contributed by atoms with van der Waals surface area (Å²) in [7, 11) is 0. The fraction of sp³-hybridized carbons (Fsp3) is 0.708. The summed E-state index contributed by atoms with van der Waals surface area (Å²) in [6.07, 6.45) is 89.5. The lowest BCUT2D eigenvalue weighted by molar-refractivity contribution is -0.167. The standard InChI is InChI=1S/C72H122O6/c1-4-7-10-13-16-19-22-25-28-30-32-34-35-36-37-39-40-42-44-47-50-53-56-59-62-65-71(74)77-68-69(67-76-70(73)64-61-58-55-52-49-46-27-24-21-18-15-12-9-6-3)78-72(75)66-63-60-57-54-51-48-45-43-41-38-33-31-29-26-23-20-17-14-11-8-5-2/h8,11,15,17-18,20,22,24-27,29-30,32-33,38,43,45,69H,4-7,9-10,12-14,16,19,21,23,28,31,34-37,39-42,44,46-68H2,1-3H3/b11-8-,18-15-,20-17-,25-22-,27-24-,29-26-,32-30-,38-33-,45-43-. The first-order chi connectivity index (χ1) is 38.5. The van der Waals surface area contributed by atoms with Gasteiger partial charge in [-0.05, 0) is 122 Å². The number of allylic oxidation sites excluding steroid dienone is 18. The zero-order chi connectivity index (χ0) is 56.4. The molecule has 0 bridgehead atoms. The Morgan fingerprint density at radius 3 is 0.821 bits per heavy atom. The molecule has 0 aromatic carbocycles. The van der Waals surface area contributed by atoms with Crippen molar-refractivity contribution in [2.75, 3.05) is 13.2 Å². The van der Waals surface area contributed by atoms with E-state index >= 15 is 0 Å². The second-order valence-corrected chi connectivity index (χ2v) is 21.6. The fourth-order valence-corrected chi connectivity index (χ4v) is 9.05. The maximum atomic E-state index is 12.9. The SMILES string of the molecule is CC/C=C\C/C=C\C/C=C\C/C=C\C/C=C\CCCCCCCC(=O)OC(COC(=O)CCCCCCC/C=C\C/C=C\CCCC)COC(=O)CCCCCCCCCCCCCCC/C=C\C/C=C\CCCCCCC. The maximum Gasteiger partial charge on any atom is 0.306 e. The van der Waals surface area contributed by atoms with Crippen LogP contribution in [0.15, 0.2) is 109 Å². The van der Waals surface area contributed by atoms with Gasteiger partial charge in [-0.15, -0.1) is 0 Å². The fourth-order valence-electron chi connectivity index (χ4n) is 9.05. The molecule has 446 valence electrons. The Labute approximate surface area is 482 Å². The number of rotatable bonds is 59. The number of hydrogen-bond acceptors (Lipinski definition) is 6. The molecule has 0 aliphatic rings. The number of hydrogen-bond donors (Lipinski definition) is 0. The molecule has 0 aromatic rings. The molecule has 0 fully saturated rings. The van der Waals surface area contributed by atoms with Gasteiger partial charge in [0.25, 0.3) is 0 Å². The Hall–Kier alpha value is -3.93. The van der Waals surface area contributed by atoms with Gasteiger partial charge in [-0.25, -0.2) is 0 Å². The molecular weight excluding hydrogens is 961 g/mol. The highest BCUT2D eigenvalue weighted by Gasteiger charge is 2.19. The number of esters is 3. The van der Waals surface area contributed by atoms with Crippen molar-refractivity contribution in [2.45, 2.75) is 316 Å². The largest absolute Gasteiger partial charge is 0.462 e. The molecule has 0 amide bonds. The summed E-state index contributed by atoms with van der Waals surface area (Å²) < 4.78 is 16.9. The van der Waals surface area contributed by atoms with Gasteiger partial charge in [-0.3, -0.25) is 14.4 Å². The number of ether oxygens (including phenoxy) is 3. The molecule has 0 saturated heterocycles. The average molecular weight is 1080 g/mol. The highest BCUT2D eigenvalue weighted by atomic mass is 16.6. The first-order valence-electron chi connectivity index (χ1n) is 32.9. The number of unbranched alkanes of at least 4 members (excludes halogenated alkanes) is 30. The van der Waals surface area contributed by atoms with Crippen molar-refractivity contribution >= 4 is 17.9 Å². The molecule has 1 atom stereocenters. The average Bonchev–Trinajstić information content (AvgIpc) is 3.44. The molecule has 0 rings (SSSR count). The van der Waals surface area contributed by atoms with Crippen molar-refractivity contribution in [3.05, 3.63) is 109 Å². The van der Waals surface area contributed by atoms with Crippen LogP contribution >= 0.6 is 0 Å². The van der Waals surface area contributed by atoms with Crippen LogP contribution in [0.3, 0.4) is 0 Å². The van der Waals surface area contributed by atoms with Gasteiger partial charge >= 0.3 is 17.9 Å². The first-order valence-corrected chi connectivity index (χ1v) is 32.9. The molecule has 0 aromatic heterocycles. The van der Waals surface area contributed by atoms with Crippen LogP contribution in [-0.2, 0) is 28.6 Å². The van der Waals surface area contributed by atoms with E-state index in [0.717, 1.165) is 141 Å². The molecule has 0 spiro atoms. The molecule has 0 aliphatic carbocycles. The molecule has 78 heavy (non-hydrogen) atoms. The highest BCUT2D eigenvalue weighted by Crippen LogP contribution is 2.16. The molecule has 0 radical (unpaired) electrons. The molecule has 0 aliphatic heterocycles. The minimum atomic E-state index is -0.798. The van der Waals surface area contributed by atoms with Gasteiger partial charge in [-0.1, -0.05) is 278 Å². The summed E-state index contributed by atoms with van der Waals surface area (Å²) in [6, 6.07) is 0. The van der Waals surface area contributed by atoms with Gasteiger partial charge in [0.15, 0.2) is 6.10 Å². The van der Waals surface area contributed by atoms with E-state index in [1.165, 1.54) is 128 Å². The molecular formula is C72H122O6. The van der Waals surface area contributed by atoms with Gasteiger partial charge < -0.3 is 14.2 Å². The molecule has 1 unspecified atom stereocenters. The van der Waals surface area contributed by atoms with Gasteiger partial charge in [-0.2, -0.15) is 0 Å². The van der Waals surface area contributed by atoms with Crippen molar-refractivity contribution in [3.63, 3.8) is 0 Å².